The van der Waals surface area contributed by atoms with Crippen LogP contribution in [-0.4, -0.2) is 50.8 Å². The maximum atomic E-state index is 14.4. The van der Waals surface area contributed by atoms with Crippen LogP contribution in [0, 0.1) is 5.82 Å². The summed E-state index contributed by atoms with van der Waals surface area (Å²) in [5.41, 5.74) is -0.811. The lowest BCUT2D eigenvalue weighted by atomic mass is 10.1. The molecule has 1 fully saturated rings. The molecule has 10 nitrogen and oxygen atoms in total. The molecule has 1 aromatic heterocycles. The fraction of sp³-hybridized carbons (Fsp3) is 0.353. The number of anilines is 1. The Morgan fingerprint density at radius 3 is 2.75 bits per heavy atom. The van der Waals surface area contributed by atoms with Crippen LogP contribution in [0.25, 0.3) is 0 Å². The third-order valence-corrected chi connectivity index (χ3v) is 4.52. The van der Waals surface area contributed by atoms with Gasteiger partial charge in [0.15, 0.2) is 29.4 Å². The minimum atomic E-state index is -1.43. The normalized spacial score (nSPS) is 25.7. The topological polar surface area (TPSA) is 132 Å². The quantitative estimate of drug-likeness (QED) is 0.664. The molecule has 2 aromatic rings. The summed E-state index contributed by atoms with van der Waals surface area (Å²) in [5.74, 6) is -1.45. The van der Waals surface area contributed by atoms with E-state index < -0.39 is 47.8 Å². The van der Waals surface area contributed by atoms with Crippen molar-refractivity contribution in [2.24, 2.45) is 0 Å². The molecular formula is C17H16FN3O7. The smallest absolute Gasteiger partial charge is 0.351 e. The van der Waals surface area contributed by atoms with Gasteiger partial charge in [0.25, 0.3) is 5.91 Å². The third kappa shape index (κ3) is 3.09. The fourth-order valence-electron chi connectivity index (χ4n) is 2.99. The SMILES string of the molecule is C[C@H]1O[C@@H](n2cc(F)c(NC(=O)c3ccc4c(c3)OCO4)nc2=O)C(O)C1O. The van der Waals surface area contributed by atoms with E-state index in [1.54, 1.807) is 0 Å². The van der Waals surface area contributed by atoms with Gasteiger partial charge in [-0.25, -0.2) is 9.18 Å². The number of fused-ring (bicyclic) bond motifs is 1. The van der Waals surface area contributed by atoms with Crippen LogP contribution >= 0.6 is 0 Å². The van der Waals surface area contributed by atoms with Crippen LogP contribution < -0.4 is 20.5 Å². The largest absolute Gasteiger partial charge is 0.454 e. The average Bonchev–Trinajstić information content (AvgIpc) is 3.24. The van der Waals surface area contributed by atoms with Crippen LogP contribution in [0.3, 0.4) is 0 Å². The number of aliphatic hydroxyl groups is 2. The zero-order chi connectivity index (χ0) is 20.0. The zero-order valence-electron chi connectivity index (χ0n) is 14.5. The number of halogens is 1. The molecule has 2 unspecified atom stereocenters. The Morgan fingerprint density at radius 2 is 2.04 bits per heavy atom. The maximum Gasteiger partial charge on any atom is 0.351 e. The second-order valence-corrected chi connectivity index (χ2v) is 6.36. The molecule has 4 atom stereocenters. The molecule has 4 rings (SSSR count). The monoisotopic (exact) mass is 393 g/mol. The van der Waals surface area contributed by atoms with Gasteiger partial charge in [0.2, 0.25) is 6.79 Å². The van der Waals surface area contributed by atoms with E-state index >= 15 is 0 Å². The van der Waals surface area contributed by atoms with Crippen molar-refractivity contribution >= 4 is 11.7 Å². The predicted molar refractivity (Wildman–Crippen MR) is 90.6 cm³/mol. The van der Waals surface area contributed by atoms with Gasteiger partial charge in [0.1, 0.15) is 12.2 Å². The van der Waals surface area contributed by atoms with E-state index in [2.05, 4.69) is 10.3 Å². The van der Waals surface area contributed by atoms with Gasteiger partial charge in [-0.15, -0.1) is 0 Å². The van der Waals surface area contributed by atoms with Crippen molar-refractivity contribution in [2.75, 3.05) is 12.1 Å². The van der Waals surface area contributed by atoms with E-state index in [1.165, 1.54) is 25.1 Å². The number of ether oxygens (including phenoxy) is 3. The summed E-state index contributed by atoms with van der Waals surface area (Å²) in [6.07, 6.45) is -3.95. The van der Waals surface area contributed by atoms with E-state index in [-0.39, 0.29) is 12.4 Å². The Kier molecular flexibility index (Phi) is 4.49. The van der Waals surface area contributed by atoms with E-state index in [9.17, 15) is 24.2 Å². The summed E-state index contributed by atoms with van der Waals surface area (Å²) >= 11 is 0. The number of carbonyl (C=O) groups is 1. The van der Waals surface area contributed by atoms with Gasteiger partial charge in [-0.3, -0.25) is 9.36 Å². The number of nitrogens with one attached hydrogen (secondary N) is 1. The summed E-state index contributed by atoms with van der Waals surface area (Å²) in [5, 5.41) is 21.9. The molecule has 1 aromatic carbocycles. The standard InChI is InChI=1S/C17H16FN3O7/c1-7-12(22)13(23)16(28-7)21-5-9(18)14(20-17(21)25)19-15(24)8-2-3-10-11(4-8)27-6-26-10/h2-5,7,12-13,16,22-23H,6H2,1H3,(H,19,20,24,25)/t7-,12?,13?,16-/m1/s1. The van der Waals surface area contributed by atoms with Crippen LogP contribution in [0.2, 0.25) is 0 Å². The van der Waals surface area contributed by atoms with Crippen molar-refractivity contribution in [2.45, 2.75) is 31.5 Å². The second-order valence-electron chi connectivity index (χ2n) is 6.36. The number of aromatic nitrogens is 2. The minimum Gasteiger partial charge on any atom is -0.454 e. The minimum absolute atomic E-state index is 0.0389. The first-order valence-electron chi connectivity index (χ1n) is 8.36. The Balaban J connectivity index is 1.57. The molecular weight excluding hydrogens is 377 g/mol. The Hall–Kier alpha value is -3.02. The highest BCUT2D eigenvalue weighted by atomic mass is 19.1. The highest BCUT2D eigenvalue weighted by Gasteiger charge is 2.42. The molecule has 11 heteroatoms. The number of nitrogens with zero attached hydrogens (tertiary/aromatic N) is 2. The van der Waals surface area contributed by atoms with Gasteiger partial charge < -0.3 is 29.7 Å². The Labute approximate surface area is 157 Å². The van der Waals surface area contributed by atoms with Crippen LogP contribution in [-0.2, 0) is 4.74 Å². The maximum absolute atomic E-state index is 14.4. The lowest BCUT2D eigenvalue weighted by molar-refractivity contribution is -0.0355. The number of hydrogen-bond acceptors (Lipinski definition) is 8. The van der Waals surface area contributed by atoms with Gasteiger partial charge in [0, 0.05) is 5.56 Å². The summed E-state index contributed by atoms with van der Waals surface area (Å²) in [6, 6.07) is 4.40. The summed E-state index contributed by atoms with van der Waals surface area (Å²) in [4.78, 5) is 28.1. The molecule has 3 N–H and O–H groups in total. The number of benzene rings is 1. The van der Waals surface area contributed by atoms with Crippen LogP contribution in [0.5, 0.6) is 11.5 Å². The zero-order valence-corrected chi connectivity index (χ0v) is 14.5. The van der Waals surface area contributed by atoms with Crippen LogP contribution in [0.4, 0.5) is 10.2 Å². The Bertz CT molecular complexity index is 995. The molecule has 0 radical (unpaired) electrons. The Morgan fingerprint density at radius 1 is 1.29 bits per heavy atom. The summed E-state index contributed by atoms with van der Waals surface area (Å²) in [6.45, 7) is 1.54. The van der Waals surface area contributed by atoms with Crippen molar-refractivity contribution in [3.05, 3.63) is 46.3 Å². The number of rotatable bonds is 3. The van der Waals surface area contributed by atoms with Crippen molar-refractivity contribution in [3.63, 3.8) is 0 Å². The van der Waals surface area contributed by atoms with E-state index in [4.69, 9.17) is 14.2 Å². The summed E-state index contributed by atoms with van der Waals surface area (Å²) < 4.78 is 30.8. The lowest BCUT2D eigenvalue weighted by Gasteiger charge is -2.17. The molecule has 28 heavy (non-hydrogen) atoms. The predicted octanol–water partition coefficient (Wildman–Crippen LogP) is 0.00250. The lowest BCUT2D eigenvalue weighted by Crippen LogP contribution is -2.36. The van der Waals surface area contributed by atoms with Crippen LogP contribution in [0.15, 0.2) is 29.2 Å². The molecule has 2 aliphatic heterocycles. The number of carbonyl (C=O) groups excluding carboxylic acids is 1. The molecule has 0 aliphatic carbocycles. The molecule has 0 spiro atoms. The second kappa shape index (κ2) is 6.86. The van der Waals surface area contributed by atoms with Crippen molar-refractivity contribution in [1.82, 2.24) is 9.55 Å². The third-order valence-electron chi connectivity index (χ3n) is 4.52. The van der Waals surface area contributed by atoms with E-state index in [0.29, 0.717) is 11.5 Å². The highest BCUT2D eigenvalue weighted by Crippen LogP contribution is 2.33. The first kappa shape index (κ1) is 18.3. The van der Waals surface area contributed by atoms with Crippen molar-refractivity contribution in [1.29, 1.82) is 0 Å². The highest BCUT2D eigenvalue weighted by molar-refractivity contribution is 6.04. The number of amides is 1. The van der Waals surface area contributed by atoms with Crippen molar-refractivity contribution in [3.8, 4) is 11.5 Å². The van der Waals surface area contributed by atoms with Crippen molar-refractivity contribution < 1.29 is 33.6 Å². The van der Waals surface area contributed by atoms with E-state index in [0.717, 1.165) is 10.8 Å². The van der Waals surface area contributed by atoms with Crippen LogP contribution in [0.1, 0.15) is 23.5 Å². The number of aliphatic hydroxyl groups excluding tert-OH is 2. The first-order valence-corrected chi connectivity index (χ1v) is 8.36. The van der Waals surface area contributed by atoms with E-state index in [1.807, 2.05) is 0 Å². The molecule has 148 valence electrons. The average molecular weight is 393 g/mol. The molecule has 1 saturated heterocycles. The molecule has 0 bridgehead atoms. The molecule has 2 aliphatic rings. The van der Waals surface area contributed by atoms with Gasteiger partial charge in [-0.2, -0.15) is 4.98 Å². The first-order chi connectivity index (χ1) is 13.3. The molecule has 1 amide bonds. The van der Waals surface area contributed by atoms with Gasteiger partial charge in [-0.05, 0) is 25.1 Å². The van der Waals surface area contributed by atoms with Gasteiger partial charge >= 0.3 is 5.69 Å². The van der Waals surface area contributed by atoms with Gasteiger partial charge in [-0.1, -0.05) is 0 Å². The molecule has 0 saturated carbocycles. The molecule has 3 heterocycles. The van der Waals surface area contributed by atoms with Gasteiger partial charge in [0.05, 0.1) is 12.3 Å². The number of hydrogen-bond donors (Lipinski definition) is 3. The summed E-state index contributed by atoms with van der Waals surface area (Å²) in [7, 11) is 0. The fourth-order valence-corrected chi connectivity index (χ4v) is 2.99.